The van der Waals surface area contributed by atoms with Crippen LogP contribution in [0.25, 0.3) is 0 Å². The summed E-state index contributed by atoms with van der Waals surface area (Å²) in [7, 11) is 0. The first-order chi connectivity index (χ1) is 9.67. The highest BCUT2D eigenvalue weighted by Crippen LogP contribution is 2.47. The number of fused-ring (bicyclic) bond motifs is 1. The molecule has 1 aliphatic heterocycles. The highest BCUT2D eigenvalue weighted by Gasteiger charge is 2.45. The molecule has 0 radical (unpaired) electrons. The highest BCUT2D eigenvalue weighted by atomic mass is 35.5. The van der Waals surface area contributed by atoms with Crippen molar-refractivity contribution in [1.82, 2.24) is 0 Å². The third-order valence-electron chi connectivity index (χ3n) is 3.65. The molecule has 0 fully saturated rings. The number of hydrogen-bond acceptors (Lipinski definition) is 4. The second-order valence-electron chi connectivity index (χ2n) is 4.75. The minimum Gasteiger partial charge on any atom is -0.493 e. The number of thiophene rings is 1. The summed E-state index contributed by atoms with van der Waals surface area (Å²) < 4.78 is 5.59. The second-order valence-corrected chi connectivity index (χ2v) is 6.13. The summed E-state index contributed by atoms with van der Waals surface area (Å²) in [6.07, 6.45) is -0.452. The summed E-state index contributed by atoms with van der Waals surface area (Å²) in [4.78, 5) is 0.702. The van der Waals surface area contributed by atoms with Crippen LogP contribution in [0.4, 0.5) is 0 Å². The molecule has 102 valence electrons. The minimum atomic E-state index is -0.983. The zero-order valence-corrected chi connectivity index (χ0v) is 12.1. The Bertz CT molecular complexity index is 679. The van der Waals surface area contributed by atoms with Crippen molar-refractivity contribution < 1.29 is 9.84 Å². The molecule has 3 rings (SSSR count). The van der Waals surface area contributed by atoms with E-state index in [4.69, 9.17) is 16.3 Å². The standard InChI is InChI=1S/C15H12ClNO2S/c16-10-7-13(20-8-10)14(18)15(9-17)5-6-19-12-4-2-1-3-11(12)15/h1-4,7-8,14,18H,5-6H2. The molecule has 0 amide bonds. The maximum absolute atomic E-state index is 10.7. The van der Waals surface area contributed by atoms with Gasteiger partial charge in [-0.25, -0.2) is 0 Å². The molecule has 0 aliphatic carbocycles. The molecule has 0 saturated carbocycles. The van der Waals surface area contributed by atoms with Gasteiger partial charge in [0.1, 0.15) is 17.3 Å². The summed E-state index contributed by atoms with van der Waals surface area (Å²) >= 11 is 7.29. The van der Waals surface area contributed by atoms with Gasteiger partial charge in [0, 0.05) is 22.2 Å². The molecule has 1 aromatic carbocycles. The highest BCUT2D eigenvalue weighted by molar-refractivity contribution is 7.10. The van der Waals surface area contributed by atoms with E-state index in [1.54, 1.807) is 11.4 Å². The molecule has 1 aliphatic rings. The number of hydrogen-bond donors (Lipinski definition) is 1. The van der Waals surface area contributed by atoms with Crippen LogP contribution in [0.15, 0.2) is 35.7 Å². The smallest absolute Gasteiger partial charge is 0.124 e. The van der Waals surface area contributed by atoms with E-state index < -0.39 is 11.5 Å². The van der Waals surface area contributed by atoms with Gasteiger partial charge in [0.25, 0.3) is 0 Å². The van der Waals surface area contributed by atoms with E-state index >= 15 is 0 Å². The van der Waals surface area contributed by atoms with E-state index in [9.17, 15) is 10.4 Å². The fourth-order valence-electron chi connectivity index (χ4n) is 2.59. The molecule has 2 atom stereocenters. The zero-order valence-electron chi connectivity index (χ0n) is 10.5. The van der Waals surface area contributed by atoms with E-state index in [2.05, 4.69) is 6.07 Å². The van der Waals surface area contributed by atoms with Gasteiger partial charge >= 0.3 is 0 Å². The second kappa shape index (κ2) is 5.10. The average molecular weight is 306 g/mol. The van der Waals surface area contributed by atoms with Crippen molar-refractivity contribution in [3.8, 4) is 11.8 Å². The van der Waals surface area contributed by atoms with Crippen LogP contribution < -0.4 is 4.74 Å². The Morgan fingerprint density at radius 2 is 2.25 bits per heavy atom. The van der Waals surface area contributed by atoms with Crippen LogP contribution in [0.3, 0.4) is 0 Å². The minimum absolute atomic E-state index is 0.417. The summed E-state index contributed by atoms with van der Waals surface area (Å²) in [6, 6.07) is 11.4. The molecule has 5 heteroatoms. The van der Waals surface area contributed by atoms with E-state index in [1.807, 2.05) is 24.3 Å². The Labute approximate surface area is 126 Å². The molecule has 1 aromatic heterocycles. The van der Waals surface area contributed by atoms with Crippen LogP contribution in [0.1, 0.15) is 23.0 Å². The van der Waals surface area contributed by atoms with Crippen molar-refractivity contribution in [2.75, 3.05) is 6.61 Å². The zero-order chi connectivity index (χ0) is 14.2. The number of halogens is 1. The van der Waals surface area contributed by atoms with Gasteiger partial charge in [0.2, 0.25) is 0 Å². The normalized spacial score (nSPS) is 22.4. The van der Waals surface area contributed by atoms with E-state index in [0.29, 0.717) is 28.7 Å². The number of aliphatic hydroxyl groups is 1. The van der Waals surface area contributed by atoms with Crippen molar-refractivity contribution in [1.29, 1.82) is 5.26 Å². The molecule has 20 heavy (non-hydrogen) atoms. The van der Waals surface area contributed by atoms with Crippen molar-refractivity contribution >= 4 is 22.9 Å². The summed E-state index contributed by atoms with van der Waals surface area (Å²) in [5, 5.41) is 22.8. The van der Waals surface area contributed by atoms with Crippen LogP contribution >= 0.6 is 22.9 Å². The monoisotopic (exact) mass is 305 g/mol. The van der Waals surface area contributed by atoms with Crippen LogP contribution in [0.5, 0.6) is 5.75 Å². The Balaban J connectivity index is 2.12. The molecular formula is C15H12ClNO2S. The molecule has 0 saturated heterocycles. The van der Waals surface area contributed by atoms with Crippen molar-refractivity contribution in [2.45, 2.75) is 17.9 Å². The van der Waals surface area contributed by atoms with Gasteiger partial charge in [-0.1, -0.05) is 29.8 Å². The summed E-state index contributed by atoms with van der Waals surface area (Å²) in [5.41, 5.74) is -0.242. The van der Waals surface area contributed by atoms with Gasteiger partial charge in [-0.15, -0.1) is 11.3 Å². The van der Waals surface area contributed by atoms with Gasteiger partial charge in [-0.2, -0.15) is 5.26 Å². The third-order valence-corrected chi connectivity index (χ3v) is 4.98. The predicted molar refractivity (Wildman–Crippen MR) is 78.1 cm³/mol. The molecule has 0 spiro atoms. The first-order valence-electron chi connectivity index (χ1n) is 6.23. The lowest BCUT2D eigenvalue weighted by Crippen LogP contribution is -2.37. The number of benzene rings is 1. The van der Waals surface area contributed by atoms with E-state index in [-0.39, 0.29) is 0 Å². The topological polar surface area (TPSA) is 53.2 Å². The molecule has 1 N–H and O–H groups in total. The van der Waals surface area contributed by atoms with Gasteiger partial charge in [0.15, 0.2) is 0 Å². The lowest BCUT2D eigenvalue weighted by Gasteiger charge is -2.36. The molecule has 2 heterocycles. The number of aliphatic hydroxyl groups excluding tert-OH is 1. The molecular weight excluding hydrogens is 294 g/mol. The first kappa shape index (κ1) is 13.4. The van der Waals surface area contributed by atoms with Crippen molar-refractivity contribution in [3.63, 3.8) is 0 Å². The first-order valence-corrected chi connectivity index (χ1v) is 7.49. The van der Waals surface area contributed by atoms with Crippen LogP contribution in [0.2, 0.25) is 5.02 Å². The Morgan fingerprint density at radius 1 is 1.45 bits per heavy atom. The van der Waals surface area contributed by atoms with E-state index in [1.165, 1.54) is 11.3 Å². The lowest BCUT2D eigenvalue weighted by atomic mass is 9.72. The third kappa shape index (κ3) is 1.99. The Kier molecular flexibility index (Phi) is 3.43. The largest absolute Gasteiger partial charge is 0.493 e. The fourth-order valence-corrected chi connectivity index (χ4v) is 3.75. The quantitative estimate of drug-likeness (QED) is 0.921. The maximum atomic E-state index is 10.7. The van der Waals surface area contributed by atoms with Crippen LogP contribution in [-0.4, -0.2) is 11.7 Å². The predicted octanol–water partition coefficient (Wildman–Crippen LogP) is 3.68. The molecule has 3 nitrogen and oxygen atoms in total. The van der Waals surface area contributed by atoms with Gasteiger partial charge in [0.05, 0.1) is 17.7 Å². The SMILES string of the molecule is N#CC1(C(O)c2cc(Cl)cs2)CCOc2ccccc21. The molecule has 2 aromatic rings. The van der Waals surface area contributed by atoms with Gasteiger partial charge in [-0.3, -0.25) is 0 Å². The lowest BCUT2D eigenvalue weighted by molar-refractivity contribution is 0.0834. The summed E-state index contributed by atoms with van der Waals surface area (Å²) in [6.45, 7) is 0.417. The number of para-hydroxylation sites is 1. The van der Waals surface area contributed by atoms with Gasteiger partial charge in [-0.05, 0) is 12.1 Å². The average Bonchev–Trinajstić information content (AvgIpc) is 2.92. The van der Waals surface area contributed by atoms with Crippen LogP contribution in [0, 0.1) is 11.3 Å². The van der Waals surface area contributed by atoms with Gasteiger partial charge < -0.3 is 9.84 Å². The Morgan fingerprint density at radius 3 is 2.95 bits per heavy atom. The Hall–Kier alpha value is -1.54. The summed E-state index contributed by atoms with van der Waals surface area (Å²) in [5.74, 6) is 0.669. The number of nitrogens with zero attached hydrogens (tertiary/aromatic N) is 1. The maximum Gasteiger partial charge on any atom is 0.124 e. The number of ether oxygens (including phenoxy) is 1. The fraction of sp³-hybridized carbons (Fsp3) is 0.267. The van der Waals surface area contributed by atoms with Crippen molar-refractivity contribution in [3.05, 3.63) is 51.2 Å². The van der Waals surface area contributed by atoms with Crippen LogP contribution in [-0.2, 0) is 5.41 Å². The van der Waals surface area contributed by atoms with E-state index in [0.717, 1.165) is 5.56 Å². The van der Waals surface area contributed by atoms with Crippen molar-refractivity contribution in [2.24, 2.45) is 0 Å². The number of nitriles is 1. The molecule has 2 unspecified atom stereocenters. The molecule has 0 bridgehead atoms. The number of rotatable bonds is 2.